The van der Waals surface area contributed by atoms with Crippen LogP contribution in [0.3, 0.4) is 0 Å². The third-order valence-electron chi connectivity index (χ3n) is 3.55. The second-order valence-electron chi connectivity index (χ2n) is 5.43. The van der Waals surface area contributed by atoms with Crippen LogP contribution in [0, 0.1) is 11.7 Å². The molecule has 0 radical (unpaired) electrons. The zero-order chi connectivity index (χ0) is 15.2. The van der Waals surface area contributed by atoms with E-state index in [-0.39, 0.29) is 17.1 Å². The van der Waals surface area contributed by atoms with Crippen molar-refractivity contribution in [2.24, 2.45) is 5.92 Å². The lowest BCUT2D eigenvalue weighted by molar-refractivity contribution is 0.471. The van der Waals surface area contributed by atoms with Crippen LogP contribution in [0.1, 0.15) is 25.5 Å². The molecule has 0 amide bonds. The number of hydrogen-bond acceptors (Lipinski definition) is 2. The Kier molecular flexibility index (Phi) is 5.83. The van der Waals surface area contributed by atoms with Crippen molar-refractivity contribution in [1.29, 1.82) is 0 Å². The molecule has 1 nitrogen and oxygen atoms in total. The van der Waals surface area contributed by atoms with Crippen molar-refractivity contribution in [3.05, 3.63) is 66.0 Å². The van der Waals surface area contributed by atoms with Gasteiger partial charge in [-0.25, -0.2) is 4.39 Å². The summed E-state index contributed by atoms with van der Waals surface area (Å²) in [4.78, 5) is 0.715. The zero-order valence-electron chi connectivity index (χ0n) is 12.7. The van der Waals surface area contributed by atoms with Crippen LogP contribution in [0.5, 0.6) is 0 Å². The van der Waals surface area contributed by atoms with Gasteiger partial charge in [-0.1, -0.05) is 56.3 Å². The van der Waals surface area contributed by atoms with Crippen molar-refractivity contribution in [3.8, 4) is 0 Å². The lowest BCUT2D eigenvalue weighted by Crippen LogP contribution is -2.31. The first-order valence-corrected chi connectivity index (χ1v) is 8.15. The molecule has 0 saturated carbocycles. The van der Waals surface area contributed by atoms with Crippen molar-refractivity contribution in [1.82, 2.24) is 5.32 Å². The quantitative estimate of drug-likeness (QED) is 0.762. The van der Waals surface area contributed by atoms with Gasteiger partial charge in [0.1, 0.15) is 5.82 Å². The first-order valence-electron chi connectivity index (χ1n) is 7.27. The Hall–Kier alpha value is -1.32. The number of thioether (sulfide) groups is 1. The summed E-state index contributed by atoms with van der Waals surface area (Å²) in [6.45, 7) is 4.37. The average Bonchev–Trinajstić information content (AvgIpc) is 2.50. The maximum Gasteiger partial charge on any atom is 0.136 e. The monoisotopic (exact) mass is 303 g/mol. The lowest BCUT2D eigenvalue weighted by atomic mass is 9.96. The van der Waals surface area contributed by atoms with Gasteiger partial charge in [-0.3, -0.25) is 0 Å². The fraction of sp³-hybridized carbons (Fsp3) is 0.333. The SMILES string of the molecule is CNC(c1ccccc1)C(Sc1ccccc1F)C(C)C. The van der Waals surface area contributed by atoms with Crippen molar-refractivity contribution < 1.29 is 4.39 Å². The fourth-order valence-corrected chi connectivity index (χ4v) is 3.79. The van der Waals surface area contributed by atoms with Gasteiger partial charge in [0.15, 0.2) is 0 Å². The number of nitrogens with one attached hydrogen (secondary N) is 1. The topological polar surface area (TPSA) is 12.0 Å². The molecule has 3 heteroatoms. The van der Waals surface area contributed by atoms with Crippen LogP contribution < -0.4 is 5.32 Å². The Morgan fingerprint density at radius 1 is 0.952 bits per heavy atom. The molecule has 0 aliphatic rings. The van der Waals surface area contributed by atoms with Gasteiger partial charge in [-0.05, 0) is 30.7 Å². The molecular weight excluding hydrogens is 281 g/mol. The van der Waals surface area contributed by atoms with Crippen LogP contribution in [-0.4, -0.2) is 12.3 Å². The molecule has 0 aromatic heterocycles. The second kappa shape index (κ2) is 7.62. The van der Waals surface area contributed by atoms with Gasteiger partial charge in [0.2, 0.25) is 0 Å². The number of benzene rings is 2. The number of halogens is 1. The van der Waals surface area contributed by atoms with Gasteiger partial charge >= 0.3 is 0 Å². The Labute approximate surface area is 131 Å². The Morgan fingerprint density at radius 2 is 1.57 bits per heavy atom. The van der Waals surface area contributed by atoms with Crippen LogP contribution in [0.15, 0.2) is 59.5 Å². The second-order valence-corrected chi connectivity index (χ2v) is 6.65. The highest BCUT2D eigenvalue weighted by Crippen LogP contribution is 2.37. The molecule has 0 saturated heterocycles. The summed E-state index contributed by atoms with van der Waals surface area (Å²) in [6.07, 6.45) is 0. The molecule has 0 fully saturated rings. The molecule has 0 aliphatic carbocycles. The molecule has 2 rings (SSSR count). The van der Waals surface area contributed by atoms with Gasteiger partial charge < -0.3 is 5.32 Å². The molecule has 2 unspecified atom stereocenters. The van der Waals surface area contributed by atoms with E-state index in [1.807, 2.05) is 37.4 Å². The van der Waals surface area contributed by atoms with Gasteiger partial charge in [0.25, 0.3) is 0 Å². The lowest BCUT2D eigenvalue weighted by Gasteiger charge is -2.30. The van der Waals surface area contributed by atoms with Gasteiger partial charge in [0, 0.05) is 16.2 Å². The smallest absolute Gasteiger partial charge is 0.136 e. The summed E-state index contributed by atoms with van der Waals surface area (Å²) < 4.78 is 13.9. The molecule has 112 valence electrons. The maximum atomic E-state index is 13.9. The van der Waals surface area contributed by atoms with Crippen LogP contribution in [0.2, 0.25) is 0 Å². The molecule has 2 aromatic rings. The van der Waals surface area contributed by atoms with Crippen LogP contribution >= 0.6 is 11.8 Å². The molecule has 2 aromatic carbocycles. The van der Waals surface area contributed by atoms with E-state index in [1.54, 1.807) is 17.8 Å². The highest BCUT2D eigenvalue weighted by Gasteiger charge is 2.26. The van der Waals surface area contributed by atoms with E-state index >= 15 is 0 Å². The average molecular weight is 303 g/mol. The minimum absolute atomic E-state index is 0.143. The first-order chi connectivity index (χ1) is 10.1. The first kappa shape index (κ1) is 16.1. The van der Waals surface area contributed by atoms with Crippen molar-refractivity contribution in [3.63, 3.8) is 0 Å². The van der Waals surface area contributed by atoms with E-state index in [1.165, 1.54) is 11.6 Å². The summed E-state index contributed by atoms with van der Waals surface area (Å²) in [5, 5.41) is 3.65. The molecule has 0 aliphatic heterocycles. The molecule has 2 atom stereocenters. The van der Waals surface area contributed by atoms with Crippen LogP contribution in [-0.2, 0) is 0 Å². The van der Waals surface area contributed by atoms with E-state index in [0.29, 0.717) is 10.8 Å². The zero-order valence-corrected chi connectivity index (χ0v) is 13.5. The molecule has 1 N–H and O–H groups in total. The summed E-state index contributed by atoms with van der Waals surface area (Å²) >= 11 is 1.61. The third kappa shape index (κ3) is 4.08. The van der Waals surface area contributed by atoms with Gasteiger partial charge in [-0.15, -0.1) is 11.8 Å². The van der Waals surface area contributed by atoms with E-state index in [2.05, 4.69) is 31.3 Å². The highest BCUT2D eigenvalue weighted by atomic mass is 32.2. The minimum Gasteiger partial charge on any atom is -0.312 e. The van der Waals surface area contributed by atoms with E-state index < -0.39 is 0 Å². The largest absolute Gasteiger partial charge is 0.312 e. The maximum absolute atomic E-state index is 13.9. The molecular formula is C18H22FNS. The molecule has 0 heterocycles. The summed E-state index contributed by atoms with van der Waals surface area (Å²) in [5.41, 5.74) is 1.24. The van der Waals surface area contributed by atoms with Crippen molar-refractivity contribution in [2.75, 3.05) is 7.05 Å². The molecule has 21 heavy (non-hydrogen) atoms. The Balaban J connectivity index is 2.28. The Morgan fingerprint density at radius 3 is 2.14 bits per heavy atom. The van der Waals surface area contributed by atoms with Crippen LogP contribution in [0.25, 0.3) is 0 Å². The Bertz CT molecular complexity index is 556. The standard InChI is InChI=1S/C18H22FNS/c1-13(2)18(21-16-12-8-7-11-15(16)19)17(20-3)14-9-5-4-6-10-14/h4-13,17-18,20H,1-3H3. The normalized spacial score (nSPS) is 14.1. The van der Waals surface area contributed by atoms with E-state index in [9.17, 15) is 4.39 Å². The summed E-state index contributed by atoms with van der Waals surface area (Å²) in [6, 6.07) is 17.5. The van der Waals surface area contributed by atoms with E-state index in [0.717, 1.165) is 0 Å². The number of hydrogen-bond donors (Lipinski definition) is 1. The fourth-order valence-electron chi connectivity index (χ4n) is 2.46. The minimum atomic E-state index is -0.143. The predicted octanol–water partition coefficient (Wildman–Crippen LogP) is 4.90. The van der Waals surface area contributed by atoms with Crippen molar-refractivity contribution in [2.45, 2.75) is 30.0 Å². The van der Waals surface area contributed by atoms with Gasteiger partial charge in [-0.2, -0.15) is 0 Å². The molecule has 0 bridgehead atoms. The van der Waals surface area contributed by atoms with E-state index in [4.69, 9.17) is 0 Å². The molecule has 0 spiro atoms. The predicted molar refractivity (Wildman–Crippen MR) is 89.1 cm³/mol. The van der Waals surface area contributed by atoms with Gasteiger partial charge in [0.05, 0.1) is 0 Å². The highest BCUT2D eigenvalue weighted by molar-refractivity contribution is 8.00. The van der Waals surface area contributed by atoms with Crippen molar-refractivity contribution >= 4 is 11.8 Å². The van der Waals surface area contributed by atoms with Crippen LogP contribution in [0.4, 0.5) is 4.39 Å². The third-order valence-corrected chi connectivity index (χ3v) is 5.23. The number of rotatable bonds is 6. The summed E-state index contributed by atoms with van der Waals surface area (Å²) in [5.74, 6) is 0.281. The summed E-state index contributed by atoms with van der Waals surface area (Å²) in [7, 11) is 1.97.